The summed E-state index contributed by atoms with van der Waals surface area (Å²) in [4.78, 5) is 19.6. The summed E-state index contributed by atoms with van der Waals surface area (Å²) in [5.74, 6) is -0.772. The molecular weight excluding hydrogens is 309 g/mol. The number of imidazole rings is 1. The van der Waals surface area contributed by atoms with Crippen molar-refractivity contribution in [3.63, 3.8) is 0 Å². The molecular formula is C15H11ClFN3O2. The summed E-state index contributed by atoms with van der Waals surface area (Å²) in [5, 5.41) is 9.51. The summed E-state index contributed by atoms with van der Waals surface area (Å²) < 4.78 is 14.5. The second-order valence-electron chi connectivity index (χ2n) is 4.81. The molecule has 3 rings (SSSR count). The van der Waals surface area contributed by atoms with Gasteiger partial charge >= 0.3 is 5.97 Å². The van der Waals surface area contributed by atoms with Crippen LogP contribution in [0.2, 0.25) is 5.02 Å². The number of aliphatic carboxylic acids is 1. The average molecular weight is 320 g/mol. The molecule has 0 atom stereocenters. The summed E-state index contributed by atoms with van der Waals surface area (Å²) in [7, 11) is 0. The van der Waals surface area contributed by atoms with E-state index in [1.807, 2.05) is 0 Å². The lowest BCUT2D eigenvalue weighted by molar-refractivity contribution is -0.137. The Morgan fingerprint density at radius 3 is 2.73 bits per heavy atom. The van der Waals surface area contributed by atoms with Crippen molar-refractivity contribution in [1.82, 2.24) is 14.5 Å². The number of hydrogen-bond acceptors (Lipinski definition) is 3. The summed E-state index contributed by atoms with van der Waals surface area (Å²) in [5.41, 5.74) is 1.82. The minimum absolute atomic E-state index is 0.248. The number of pyridine rings is 1. The molecule has 112 valence electrons. The first-order valence-electron chi connectivity index (χ1n) is 6.50. The van der Waals surface area contributed by atoms with Crippen molar-refractivity contribution in [2.75, 3.05) is 0 Å². The summed E-state index contributed by atoms with van der Waals surface area (Å²) in [6, 6.07) is 7.63. The van der Waals surface area contributed by atoms with E-state index in [0.29, 0.717) is 28.4 Å². The third kappa shape index (κ3) is 2.92. The highest BCUT2D eigenvalue weighted by Crippen LogP contribution is 2.20. The molecule has 1 aromatic carbocycles. The second kappa shape index (κ2) is 5.73. The summed E-state index contributed by atoms with van der Waals surface area (Å²) in [6.07, 6.45) is 1.83. The van der Waals surface area contributed by atoms with Gasteiger partial charge in [0.2, 0.25) is 0 Å². The molecule has 2 heterocycles. The largest absolute Gasteiger partial charge is 0.480 e. The molecule has 0 aliphatic rings. The topological polar surface area (TPSA) is 68.0 Å². The van der Waals surface area contributed by atoms with Crippen LogP contribution in [0.1, 0.15) is 11.4 Å². The van der Waals surface area contributed by atoms with Crippen LogP contribution in [0.25, 0.3) is 11.2 Å². The van der Waals surface area contributed by atoms with Gasteiger partial charge in [0.25, 0.3) is 0 Å². The molecule has 22 heavy (non-hydrogen) atoms. The van der Waals surface area contributed by atoms with Crippen LogP contribution >= 0.6 is 11.6 Å². The van der Waals surface area contributed by atoms with Crippen LogP contribution in [0.5, 0.6) is 0 Å². The molecule has 0 aliphatic heterocycles. The van der Waals surface area contributed by atoms with E-state index in [9.17, 15) is 9.18 Å². The van der Waals surface area contributed by atoms with Crippen LogP contribution in [-0.4, -0.2) is 25.6 Å². The zero-order valence-corrected chi connectivity index (χ0v) is 12.1. The van der Waals surface area contributed by atoms with Crippen LogP contribution in [-0.2, 0) is 17.8 Å². The molecule has 0 aliphatic carbocycles. The highest BCUT2D eigenvalue weighted by molar-refractivity contribution is 6.31. The number of carbonyl (C=O) groups is 1. The third-order valence-electron chi connectivity index (χ3n) is 3.20. The smallest absolute Gasteiger partial charge is 0.323 e. The fraction of sp³-hybridized carbons (Fsp3) is 0.133. The quantitative estimate of drug-likeness (QED) is 0.803. The number of nitrogens with zero attached hydrogens (tertiary/aromatic N) is 3. The Morgan fingerprint density at radius 1 is 1.32 bits per heavy atom. The number of carboxylic acid groups (broad SMARTS) is 1. The highest BCUT2D eigenvalue weighted by Gasteiger charge is 2.15. The minimum atomic E-state index is -0.989. The number of benzene rings is 1. The lowest BCUT2D eigenvalue weighted by Crippen LogP contribution is -2.12. The Kier molecular flexibility index (Phi) is 3.77. The van der Waals surface area contributed by atoms with E-state index in [1.54, 1.807) is 18.2 Å². The van der Waals surface area contributed by atoms with Gasteiger partial charge in [-0.1, -0.05) is 23.7 Å². The molecule has 0 unspecified atom stereocenters. The third-order valence-corrected chi connectivity index (χ3v) is 3.41. The first-order chi connectivity index (χ1) is 10.5. The number of hydrogen-bond donors (Lipinski definition) is 1. The number of rotatable bonds is 4. The van der Waals surface area contributed by atoms with Crippen molar-refractivity contribution >= 4 is 28.7 Å². The van der Waals surface area contributed by atoms with Gasteiger partial charge in [-0.2, -0.15) is 0 Å². The highest BCUT2D eigenvalue weighted by atomic mass is 35.5. The van der Waals surface area contributed by atoms with Crippen molar-refractivity contribution in [1.29, 1.82) is 0 Å². The number of halogens is 2. The van der Waals surface area contributed by atoms with Gasteiger partial charge < -0.3 is 9.67 Å². The molecule has 2 aromatic heterocycles. The van der Waals surface area contributed by atoms with E-state index in [1.165, 1.54) is 22.9 Å². The molecule has 0 saturated heterocycles. The maximum Gasteiger partial charge on any atom is 0.323 e. The zero-order valence-electron chi connectivity index (χ0n) is 11.3. The van der Waals surface area contributed by atoms with Crippen molar-refractivity contribution in [2.24, 2.45) is 0 Å². The van der Waals surface area contributed by atoms with Gasteiger partial charge in [0.05, 0.1) is 5.02 Å². The molecule has 0 amide bonds. The predicted molar refractivity (Wildman–Crippen MR) is 79.4 cm³/mol. The maximum atomic E-state index is 13.0. The first-order valence-corrected chi connectivity index (χ1v) is 6.87. The fourth-order valence-electron chi connectivity index (χ4n) is 2.25. The van der Waals surface area contributed by atoms with Gasteiger partial charge in [-0.15, -0.1) is 0 Å². The standard InChI is InChI=1S/C15H11ClFN3O2/c16-10-6-12-15(18-7-10)20(8-14(21)22)13(19-12)5-9-1-3-11(17)4-2-9/h1-4,6-7H,5,8H2,(H,21,22). The minimum Gasteiger partial charge on any atom is -0.480 e. The Balaban J connectivity index is 2.06. The van der Waals surface area contributed by atoms with E-state index in [2.05, 4.69) is 9.97 Å². The average Bonchev–Trinajstić information content (AvgIpc) is 2.78. The summed E-state index contributed by atoms with van der Waals surface area (Å²) in [6.45, 7) is -0.248. The van der Waals surface area contributed by atoms with E-state index < -0.39 is 5.97 Å². The van der Waals surface area contributed by atoms with Gasteiger partial charge in [0.15, 0.2) is 5.65 Å². The van der Waals surface area contributed by atoms with Crippen molar-refractivity contribution < 1.29 is 14.3 Å². The van der Waals surface area contributed by atoms with Gasteiger partial charge in [0.1, 0.15) is 23.7 Å². The lowest BCUT2D eigenvalue weighted by Gasteiger charge is -2.06. The molecule has 3 aromatic rings. The normalized spacial score (nSPS) is 11.0. The number of fused-ring (bicyclic) bond motifs is 1. The van der Waals surface area contributed by atoms with E-state index in [-0.39, 0.29) is 12.4 Å². The predicted octanol–water partition coefficient (Wildman–Crippen LogP) is 2.90. The molecule has 0 radical (unpaired) electrons. The Bertz CT molecular complexity index is 846. The SMILES string of the molecule is O=C(O)Cn1c(Cc2ccc(F)cc2)nc2cc(Cl)cnc21. The second-order valence-corrected chi connectivity index (χ2v) is 5.24. The van der Waals surface area contributed by atoms with Crippen molar-refractivity contribution in [2.45, 2.75) is 13.0 Å². The van der Waals surface area contributed by atoms with Crippen molar-refractivity contribution in [3.8, 4) is 0 Å². The van der Waals surface area contributed by atoms with E-state index in [0.717, 1.165) is 5.56 Å². The molecule has 0 saturated carbocycles. The lowest BCUT2D eigenvalue weighted by atomic mass is 10.1. The van der Waals surface area contributed by atoms with Crippen LogP contribution in [0, 0.1) is 5.82 Å². The number of aromatic nitrogens is 3. The fourth-order valence-corrected chi connectivity index (χ4v) is 2.41. The summed E-state index contributed by atoms with van der Waals surface area (Å²) >= 11 is 5.89. The Morgan fingerprint density at radius 2 is 2.05 bits per heavy atom. The Labute approximate surface area is 130 Å². The van der Waals surface area contributed by atoms with Crippen LogP contribution < -0.4 is 0 Å². The molecule has 7 heteroatoms. The van der Waals surface area contributed by atoms with E-state index in [4.69, 9.17) is 16.7 Å². The van der Waals surface area contributed by atoms with Crippen LogP contribution in [0.4, 0.5) is 4.39 Å². The van der Waals surface area contributed by atoms with E-state index >= 15 is 0 Å². The van der Waals surface area contributed by atoms with Gasteiger partial charge in [-0.25, -0.2) is 14.4 Å². The van der Waals surface area contributed by atoms with Gasteiger partial charge in [-0.05, 0) is 23.8 Å². The van der Waals surface area contributed by atoms with Crippen LogP contribution in [0.3, 0.4) is 0 Å². The molecule has 0 bridgehead atoms. The molecule has 0 fully saturated rings. The molecule has 5 nitrogen and oxygen atoms in total. The zero-order chi connectivity index (χ0) is 15.7. The van der Waals surface area contributed by atoms with Gasteiger partial charge in [0, 0.05) is 12.6 Å². The number of carboxylic acids is 1. The molecule has 1 N–H and O–H groups in total. The van der Waals surface area contributed by atoms with Crippen molar-refractivity contribution in [3.05, 3.63) is 58.8 Å². The monoisotopic (exact) mass is 319 g/mol. The molecule has 0 spiro atoms. The van der Waals surface area contributed by atoms with Gasteiger partial charge in [-0.3, -0.25) is 4.79 Å². The van der Waals surface area contributed by atoms with Crippen LogP contribution in [0.15, 0.2) is 36.5 Å². The Hall–Kier alpha value is -2.47. The first kappa shape index (κ1) is 14.5. The maximum absolute atomic E-state index is 13.0.